The summed E-state index contributed by atoms with van der Waals surface area (Å²) >= 11 is 0. The molecule has 11 heteroatoms. The Kier molecular flexibility index (Phi) is 8.63. The van der Waals surface area contributed by atoms with Gasteiger partial charge in [-0.25, -0.2) is 13.2 Å². The van der Waals surface area contributed by atoms with Gasteiger partial charge in [-0.2, -0.15) is 22.0 Å². The zero-order valence-electron chi connectivity index (χ0n) is 18.7. The third-order valence-corrected chi connectivity index (χ3v) is 5.80. The molecule has 0 saturated heterocycles. The van der Waals surface area contributed by atoms with Gasteiger partial charge in [0.25, 0.3) is 6.17 Å². The molecule has 2 aromatic rings. The first-order valence-electron chi connectivity index (χ1n) is 11.0. The van der Waals surface area contributed by atoms with E-state index in [2.05, 4.69) is 4.74 Å². The van der Waals surface area contributed by atoms with Crippen LogP contribution in [0.3, 0.4) is 0 Å². The van der Waals surface area contributed by atoms with Gasteiger partial charge in [-0.05, 0) is 67.3 Å². The van der Waals surface area contributed by atoms with E-state index in [1.807, 2.05) is 6.92 Å². The summed E-state index contributed by atoms with van der Waals surface area (Å²) in [6.45, 7) is 2.71. The van der Waals surface area contributed by atoms with Crippen LogP contribution in [0.25, 0.3) is 11.1 Å². The van der Waals surface area contributed by atoms with Crippen LogP contribution in [-0.2, 0) is 9.47 Å². The molecule has 1 saturated carbocycles. The first kappa shape index (κ1) is 27.2. The van der Waals surface area contributed by atoms with Crippen LogP contribution >= 0.6 is 0 Å². The van der Waals surface area contributed by atoms with Gasteiger partial charge in [0.1, 0.15) is 6.79 Å². The maximum atomic E-state index is 14.3. The minimum atomic E-state index is -5.98. The molecule has 1 unspecified atom stereocenters. The van der Waals surface area contributed by atoms with Crippen molar-refractivity contribution in [2.45, 2.75) is 63.1 Å². The summed E-state index contributed by atoms with van der Waals surface area (Å²) in [5, 5.41) is 0. The Morgan fingerprint density at radius 1 is 0.886 bits per heavy atom. The summed E-state index contributed by atoms with van der Waals surface area (Å²) in [7, 11) is 0. The van der Waals surface area contributed by atoms with Gasteiger partial charge in [-0.3, -0.25) is 0 Å². The van der Waals surface area contributed by atoms with Crippen molar-refractivity contribution in [1.82, 2.24) is 0 Å². The van der Waals surface area contributed by atoms with Crippen LogP contribution in [0.4, 0.5) is 35.1 Å². The molecule has 0 aliphatic heterocycles. The van der Waals surface area contributed by atoms with E-state index in [4.69, 9.17) is 9.47 Å². The van der Waals surface area contributed by atoms with Crippen LogP contribution in [0.5, 0.6) is 5.75 Å². The van der Waals surface area contributed by atoms with Crippen molar-refractivity contribution < 1.29 is 49.3 Å². The molecular formula is C24H24F8O3. The Bertz CT molecular complexity index is 947. The van der Waals surface area contributed by atoms with E-state index < -0.39 is 35.8 Å². The monoisotopic (exact) mass is 512 g/mol. The molecule has 194 valence electrons. The van der Waals surface area contributed by atoms with E-state index in [0.29, 0.717) is 24.3 Å². The van der Waals surface area contributed by atoms with Crippen molar-refractivity contribution in [3.05, 3.63) is 53.6 Å². The zero-order chi connectivity index (χ0) is 25.8. The molecule has 0 radical (unpaired) electrons. The van der Waals surface area contributed by atoms with Crippen molar-refractivity contribution in [2.24, 2.45) is 0 Å². The molecule has 3 rings (SSSR count). The third-order valence-electron chi connectivity index (χ3n) is 5.80. The molecular weight excluding hydrogens is 488 g/mol. The highest BCUT2D eigenvalue weighted by Gasteiger charge is 2.59. The smallest absolute Gasteiger partial charge is 0.424 e. The number of rotatable bonds is 9. The SMILES string of the molecule is CCOCOC1CCC(c2ccc(-c3cc(F)c(OC(F)(F)C(F)C(F)(F)F)c(F)c3)cc2)CC1. The van der Waals surface area contributed by atoms with Crippen LogP contribution in [-0.4, -0.2) is 38.0 Å². The maximum Gasteiger partial charge on any atom is 0.439 e. The summed E-state index contributed by atoms with van der Waals surface area (Å²) in [5.41, 5.74) is 1.30. The van der Waals surface area contributed by atoms with E-state index in [9.17, 15) is 35.1 Å². The van der Waals surface area contributed by atoms with Gasteiger partial charge in [0.2, 0.25) is 0 Å². The Balaban J connectivity index is 1.68. The third kappa shape index (κ3) is 6.84. The van der Waals surface area contributed by atoms with Crippen LogP contribution in [0.1, 0.15) is 44.1 Å². The first-order chi connectivity index (χ1) is 16.4. The lowest BCUT2D eigenvalue weighted by atomic mass is 9.82. The lowest BCUT2D eigenvalue weighted by Crippen LogP contribution is -2.46. The Morgan fingerprint density at radius 2 is 1.46 bits per heavy atom. The van der Waals surface area contributed by atoms with Gasteiger partial charge < -0.3 is 14.2 Å². The van der Waals surface area contributed by atoms with Crippen molar-refractivity contribution in [2.75, 3.05) is 13.4 Å². The normalized spacial score (nSPS) is 20.0. The number of halogens is 8. The van der Waals surface area contributed by atoms with Crippen molar-refractivity contribution in [3.8, 4) is 16.9 Å². The molecule has 35 heavy (non-hydrogen) atoms. The van der Waals surface area contributed by atoms with Gasteiger partial charge in [0.15, 0.2) is 17.4 Å². The highest BCUT2D eigenvalue weighted by molar-refractivity contribution is 5.65. The van der Waals surface area contributed by atoms with Crippen molar-refractivity contribution >= 4 is 0 Å². The minimum Gasteiger partial charge on any atom is -0.424 e. The predicted octanol–water partition coefficient (Wildman–Crippen LogP) is 7.54. The summed E-state index contributed by atoms with van der Waals surface area (Å²) in [6.07, 6.45) is -12.6. The molecule has 1 aliphatic rings. The Morgan fingerprint density at radius 3 is 1.97 bits per heavy atom. The largest absolute Gasteiger partial charge is 0.439 e. The van der Waals surface area contributed by atoms with Gasteiger partial charge in [0, 0.05) is 6.61 Å². The van der Waals surface area contributed by atoms with E-state index in [1.165, 1.54) is 0 Å². The van der Waals surface area contributed by atoms with E-state index >= 15 is 0 Å². The van der Waals surface area contributed by atoms with Crippen LogP contribution in [0, 0.1) is 11.6 Å². The lowest BCUT2D eigenvalue weighted by Gasteiger charge is -2.28. The highest BCUT2D eigenvalue weighted by atomic mass is 19.4. The molecule has 0 heterocycles. The fraction of sp³-hybridized carbons (Fsp3) is 0.500. The van der Waals surface area contributed by atoms with Crippen LogP contribution in [0.2, 0.25) is 0 Å². The van der Waals surface area contributed by atoms with E-state index in [0.717, 1.165) is 31.2 Å². The fourth-order valence-electron chi connectivity index (χ4n) is 3.94. The summed E-state index contributed by atoms with van der Waals surface area (Å²) < 4.78 is 120. The Hall–Kier alpha value is -2.40. The molecule has 2 aromatic carbocycles. The van der Waals surface area contributed by atoms with Gasteiger partial charge in [0.05, 0.1) is 6.10 Å². The van der Waals surface area contributed by atoms with Gasteiger partial charge in [-0.15, -0.1) is 0 Å². The number of ether oxygens (including phenoxy) is 3. The summed E-state index contributed by atoms with van der Waals surface area (Å²) in [5.74, 6) is -4.91. The average Bonchev–Trinajstić information content (AvgIpc) is 2.81. The van der Waals surface area contributed by atoms with Crippen molar-refractivity contribution in [3.63, 3.8) is 0 Å². The molecule has 1 atom stereocenters. The van der Waals surface area contributed by atoms with Crippen LogP contribution < -0.4 is 4.74 Å². The topological polar surface area (TPSA) is 27.7 Å². The predicted molar refractivity (Wildman–Crippen MR) is 111 cm³/mol. The average molecular weight is 512 g/mol. The molecule has 0 amide bonds. The molecule has 1 fully saturated rings. The standard InChI is InChI=1S/C24H24F8O3/c1-2-33-13-34-18-9-7-15(8-10-18)14-3-5-16(6-4-14)17-11-19(25)21(20(26)12-17)35-24(31,32)22(27)23(28,29)30/h3-6,11-12,15,18,22H,2,7-10,13H2,1H3. The second kappa shape index (κ2) is 11.1. The fourth-order valence-corrected chi connectivity index (χ4v) is 3.94. The van der Waals surface area contributed by atoms with E-state index in [1.54, 1.807) is 24.3 Å². The number of benzene rings is 2. The first-order valence-corrected chi connectivity index (χ1v) is 11.0. The van der Waals surface area contributed by atoms with Gasteiger partial charge >= 0.3 is 12.3 Å². The molecule has 0 aromatic heterocycles. The highest BCUT2D eigenvalue weighted by Crippen LogP contribution is 2.39. The number of hydrogen-bond donors (Lipinski definition) is 0. The summed E-state index contributed by atoms with van der Waals surface area (Å²) in [4.78, 5) is 0. The van der Waals surface area contributed by atoms with Gasteiger partial charge in [-0.1, -0.05) is 24.3 Å². The quantitative estimate of drug-likeness (QED) is 0.197. The van der Waals surface area contributed by atoms with E-state index in [-0.39, 0.29) is 24.4 Å². The van der Waals surface area contributed by atoms with Crippen LogP contribution in [0.15, 0.2) is 36.4 Å². The summed E-state index contributed by atoms with van der Waals surface area (Å²) in [6, 6.07) is 8.02. The van der Waals surface area contributed by atoms with Crippen molar-refractivity contribution in [1.29, 1.82) is 0 Å². The molecule has 0 bridgehead atoms. The number of alkyl halides is 6. The molecule has 0 spiro atoms. The zero-order valence-corrected chi connectivity index (χ0v) is 18.7. The Labute approximate surface area is 197 Å². The second-order valence-corrected chi connectivity index (χ2v) is 8.21. The minimum absolute atomic E-state index is 0.0529. The molecule has 3 nitrogen and oxygen atoms in total. The lowest BCUT2D eigenvalue weighted by molar-refractivity contribution is -0.306. The molecule has 1 aliphatic carbocycles. The number of hydrogen-bond acceptors (Lipinski definition) is 3. The maximum absolute atomic E-state index is 14.3. The molecule has 0 N–H and O–H groups in total. The second-order valence-electron chi connectivity index (χ2n) is 8.21.